The van der Waals surface area contributed by atoms with Gasteiger partial charge in [-0.2, -0.15) is 0 Å². The minimum Gasteiger partial charge on any atom is -0.353 e. The molecule has 1 unspecified atom stereocenters. The van der Waals surface area contributed by atoms with E-state index in [0.29, 0.717) is 0 Å². The summed E-state index contributed by atoms with van der Waals surface area (Å²) in [6.07, 6.45) is 14.2. The van der Waals surface area contributed by atoms with E-state index < -0.39 is 0 Å². The summed E-state index contributed by atoms with van der Waals surface area (Å²) < 4.78 is 2.29. The molecule has 2 aromatic heterocycles. The topological polar surface area (TPSA) is 43.8 Å². The molecule has 3 nitrogen and oxygen atoms in total. The molecule has 2 heterocycles. The molecule has 0 amide bonds. The molecule has 0 radical (unpaired) electrons. The van der Waals surface area contributed by atoms with Crippen LogP contribution in [0, 0.1) is 0 Å². The summed E-state index contributed by atoms with van der Waals surface area (Å²) in [6.45, 7) is 1.01. The molecule has 1 aliphatic rings. The Balaban J connectivity index is 1.71. The van der Waals surface area contributed by atoms with Crippen molar-refractivity contribution < 1.29 is 0 Å². The molecule has 0 aromatic carbocycles. The van der Waals surface area contributed by atoms with Crippen molar-refractivity contribution in [1.29, 1.82) is 0 Å². The van der Waals surface area contributed by atoms with E-state index in [1.165, 1.54) is 36.0 Å². The van der Waals surface area contributed by atoms with Crippen molar-refractivity contribution in [3.05, 3.63) is 53.6 Å². The lowest BCUT2D eigenvalue weighted by atomic mass is 10.1. The Morgan fingerprint density at radius 2 is 2.26 bits per heavy atom. The fourth-order valence-corrected chi connectivity index (χ4v) is 2.88. The number of nitrogens with zero attached hydrogens (tertiary/aromatic N) is 2. The molecule has 0 saturated heterocycles. The van der Waals surface area contributed by atoms with Gasteiger partial charge in [0.25, 0.3) is 0 Å². The van der Waals surface area contributed by atoms with Crippen LogP contribution in [0.5, 0.6) is 0 Å². The van der Waals surface area contributed by atoms with E-state index >= 15 is 0 Å². The maximum Gasteiger partial charge on any atom is 0.0312 e. The molecule has 3 heteroatoms. The fraction of sp³-hybridized carbons (Fsp3) is 0.438. The molecule has 1 atom stereocenters. The molecule has 3 rings (SSSR count). The first-order valence-corrected chi connectivity index (χ1v) is 7.16. The Morgan fingerprint density at radius 3 is 3.11 bits per heavy atom. The van der Waals surface area contributed by atoms with Crippen molar-refractivity contribution in [3.8, 4) is 0 Å². The number of aromatic nitrogens is 2. The van der Waals surface area contributed by atoms with Crippen molar-refractivity contribution in [2.24, 2.45) is 5.73 Å². The number of aryl methyl sites for hydroxylation is 3. The summed E-state index contributed by atoms with van der Waals surface area (Å²) in [5.74, 6) is 0. The van der Waals surface area contributed by atoms with Crippen molar-refractivity contribution in [2.45, 2.75) is 44.7 Å². The zero-order valence-electron chi connectivity index (χ0n) is 11.3. The zero-order chi connectivity index (χ0) is 13.1. The molecule has 0 spiro atoms. The fourth-order valence-electron chi connectivity index (χ4n) is 2.88. The first kappa shape index (κ1) is 12.4. The van der Waals surface area contributed by atoms with Crippen molar-refractivity contribution in [2.75, 3.05) is 0 Å². The maximum atomic E-state index is 6.24. The summed E-state index contributed by atoms with van der Waals surface area (Å²) in [5.41, 5.74) is 10.4. The Morgan fingerprint density at radius 1 is 1.32 bits per heavy atom. The summed E-state index contributed by atoms with van der Waals surface area (Å²) in [4.78, 5) is 4.16. The predicted molar refractivity (Wildman–Crippen MR) is 76.9 cm³/mol. The van der Waals surface area contributed by atoms with E-state index in [2.05, 4.69) is 28.0 Å². The summed E-state index contributed by atoms with van der Waals surface area (Å²) in [5, 5.41) is 0. The Labute approximate surface area is 114 Å². The van der Waals surface area contributed by atoms with Crippen LogP contribution in [0.25, 0.3) is 0 Å². The van der Waals surface area contributed by atoms with Crippen LogP contribution in [0.2, 0.25) is 0 Å². The average Bonchev–Trinajstić information content (AvgIpc) is 2.78. The average molecular weight is 255 g/mol. The molecule has 0 saturated carbocycles. The summed E-state index contributed by atoms with van der Waals surface area (Å²) in [6, 6.07) is 4.36. The lowest BCUT2D eigenvalue weighted by Crippen LogP contribution is -2.09. The van der Waals surface area contributed by atoms with Crippen LogP contribution in [0.1, 0.15) is 42.0 Å². The van der Waals surface area contributed by atoms with Gasteiger partial charge in [0.2, 0.25) is 0 Å². The highest BCUT2D eigenvalue weighted by atomic mass is 14.9. The van der Waals surface area contributed by atoms with E-state index in [1.54, 1.807) is 0 Å². The Hall–Kier alpha value is -1.61. The van der Waals surface area contributed by atoms with Gasteiger partial charge in [-0.05, 0) is 48.4 Å². The second kappa shape index (κ2) is 5.57. The second-order valence-corrected chi connectivity index (χ2v) is 5.44. The SMILES string of the molecule is NC1CCCCc2cn(CCc3cccnc3)cc21. The maximum absolute atomic E-state index is 6.24. The van der Waals surface area contributed by atoms with Gasteiger partial charge in [-0.3, -0.25) is 4.98 Å². The lowest BCUT2D eigenvalue weighted by Gasteiger charge is -2.07. The van der Waals surface area contributed by atoms with Gasteiger partial charge in [0.1, 0.15) is 0 Å². The highest BCUT2D eigenvalue weighted by molar-refractivity contribution is 5.29. The van der Waals surface area contributed by atoms with Crippen molar-refractivity contribution in [1.82, 2.24) is 9.55 Å². The highest BCUT2D eigenvalue weighted by Gasteiger charge is 2.17. The molecule has 0 aliphatic heterocycles. The van der Waals surface area contributed by atoms with Crippen LogP contribution in [0.4, 0.5) is 0 Å². The lowest BCUT2D eigenvalue weighted by molar-refractivity contribution is 0.606. The van der Waals surface area contributed by atoms with E-state index in [1.807, 2.05) is 18.5 Å². The van der Waals surface area contributed by atoms with E-state index in [4.69, 9.17) is 5.73 Å². The van der Waals surface area contributed by atoms with Gasteiger partial charge in [0, 0.05) is 37.4 Å². The Bertz CT molecular complexity index is 530. The molecule has 1 aliphatic carbocycles. The number of nitrogens with two attached hydrogens (primary N) is 1. The first-order valence-electron chi connectivity index (χ1n) is 7.16. The quantitative estimate of drug-likeness (QED) is 0.857. The van der Waals surface area contributed by atoms with Gasteiger partial charge >= 0.3 is 0 Å². The van der Waals surface area contributed by atoms with Gasteiger partial charge in [-0.25, -0.2) is 0 Å². The Kier molecular flexibility index (Phi) is 3.65. The molecule has 2 N–H and O–H groups in total. The third-order valence-corrected chi connectivity index (χ3v) is 3.99. The number of pyridine rings is 1. The van der Waals surface area contributed by atoms with Crippen LogP contribution in [0.15, 0.2) is 36.9 Å². The van der Waals surface area contributed by atoms with E-state index in [9.17, 15) is 0 Å². The summed E-state index contributed by atoms with van der Waals surface area (Å²) >= 11 is 0. The highest BCUT2D eigenvalue weighted by Crippen LogP contribution is 2.27. The third kappa shape index (κ3) is 2.87. The van der Waals surface area contributed by atoms with Crippen LogP contribution < -0.4 is 5.73 Å². The van der Waals surface area contributed by atoms with Crippen molar-refractivity contribution >= 4 is 0 Å². The van der Waals surface area contributed by atoms with Crippen LogP contribution in [-0.2, 0) is 19.4 Å². The van der Waals surface area contributed by atoms with E-state index in [0.717, 1.165) is 19.4 Å². The number of rotatable bonds is 3. The second-order valence-electron chi connectivity index (χ2n) is 5.44. The molecular weight excluding hydrogens is 234 g/mol. The predicted octanol–water partition coefficient (Wildman–Crippen LogP) is 2.85. The largest absolute Gasteiger partial charge is 0.353 e. The number of hydrogen-bond acceptors (Lipinski definition) is 2. The number of fused-ring (bicyclic) bond motifs is 1. The smallest absolute Gasteiger partial charge is 0.0312 e. The zero-order valence-corrected chi connectivity index (χ0v) is 11.3. The van der Waals surface area contributed by atoms with Gasteiger partial charge in [-0.15, -0.1) is 0 Å². The van der Waals surface area contributed by atoms with Gasteiger partial charge in [-0.1, -0.05) is 12.5 Å². The minimum absolute atomic E-state index is 0.233. The monoisotopic (exact) mass is 255 g/mol. The molecular formula is C16H21N3. The third-order valence-electron chi connectivity index (χ3n) is 3.99. The van der Waals surface area contributed by atoms with E-state index in [-0.39, 0.29) is 6.04 Å². The van der Waals surface area contributed by atoms with Crippen molar-refractivity contribution in [3.63, 3.8) is 0 Å². The molecule has 100 valence electrons. The molecule has 2 aromatic rings. The normalized spacial score (nSPS) is 18.9. The van der Waals surface area contributed by atoms with Crippen LogP contribution in [0.3, 0.4) is 0 Å². The molecule has 19 heavy (non-hydrogen) atoms. The minimum atomic E-state index is 0.233. The van der Waals surface area contributed by atoms with Gasteiger partial charge in [0.05, 0.1) is 0 Å². The first-order chi connectivity index (χ1) is 9.33. The number of hydrogen-bond donors (Lipinski definition) is 1. The molecule has 0 bridgehead atoms. The standard InChI is InChI=1S/C16H21N3/c17-16-6-2-1-5-14-11-19(12-15(14)16)9-7-13-4-3-8-18-10-13/h3-4,8,10-12,16H,1-2,5-7,9,17H2. The van der Waals surface area contributed by atoms with Crippen LogP contribution >= 0.6 is 0 Å². The summed E-state index contributed by atoms with van der Waals surface area (Å²) in [7, 11) is 0. The van der Waals surface area contributed by atoms with Gasteiger partial charge < -0.3 is 10.3 Å². The molecule has 0 fully saturated rings. The van der Waals surface area contributed by atoms with Crippen LogP contribution in [-0.4, -0.2) is 9.55 Å². The van der Waals surface area contributed by atoms with Gasteiger partial charge in [0.15, 0.2) is 0 Å².